The molecule has 0 bridgehead atoms. The minimum absolute atomic E-state index is 0.362. The number of nitrogens with one attached hydrogen (secondary N) is 1. The number of benzene rings is 2. The number of hydrogen-bond acceptors (Lipinski definition) is 4. The van der Waals surface area contributed by atoms with Gasteiger partial charge in [0.15, 0.2) is 0 Å². The van der Waals surface area contributed by atoms with E-state index in [0.29, 0.717) is 5.69 Å². The zero-order valence-electron chi connectivity index (χ0n) is 18.3. The Morgan fingerprint density at radius 1 is 1.12 bits per heavy atom. The summed E-state index contributed by atoms with van der Waals surface area (Å²) in [6.45, 7) is 5.68. The number of hydrazone groups is 1. The van der Waals surface area contributed by atoms with Gasteiger partial charge in [-0.2, -0.15) is 5.10 Å². The number of halogens is 1. The molecule has 1 amide bonds. The number of rotatable bonds is 7. The molecule has 0 spiro atoms. The Morgan fingerprint density at radius 2 is 1.81 bits per heavy atom. The first-order valence-electron chi connectivity index (χ1n) is 9.87. The van der Waals surface area contributed by atoms with Crippen molar-refractivity contribution >= 4 is 50.4 Å². The maximum atomic E-state index is 12.4. The Morgan fingerprint density at radius 3 is 2.44 bits per heavy atom. The van der Waals surface area contributed by atoms with E-state index < -0.39 is 15.9 Å². The molecule has 1 N–H and O–H groups in total. The van der Waals surface area contributed by atoms with Crippen molar-refractivity contribution in [1.82, 2.24) is 9.99 Å². The van der Waals surface area contributed by atoms with Crippen molar-refractivity contribution in [3.05, 3.63) is 80.7 Å². The van der Waals surface area contributed by atoms with E-state index in [1.165, 1.54) is 5.56 Å². The third-order valence-electron chi connectivity index (χ3n) is 4.93. The molecule has 0 unspecified atom stereocenters. The second-order valence-corrected chi connectivity index (χ2v) is 10.7. The molecule has 0 fully saturated rings. The van der Waals surface area contributed by atoms with Crippen LogP contribution in [0.4, 0.5) is 5.69 Å². The SMILES string of the molecule is Cc1cccc(-n2c(C)cc(/C=N\NC(=O)CN(c3ccc(I)cc3)S(C)(=O)=O)c2C)c1. The van der Waals surface area contributed by atoms with E-state index in [2.05, 4.69) is 43.8 Å². The lowest BCUT2D eigenvalue weighted by molar-refractivity contribution is -0.119. The number of carbonyl (C=O) groups is 1. The van der Waals surface area contributed by atoms with Gasteiger partial charge in [-0.15, -0.1) is 0 Å². The van der Waals surface area contributed by atoms with Crippen LogP contribution in [0.15, 0.2) is 59.7 Å². The number of carbonyl (C=O) groups excluding carboxylic acids is 1. The monoisotopic (exact) mass is 564 g/mol. The van der Waals surface area contributed by atoms with Crippen molar-refractivity contribution in [2.24, 2.45) is 5.10 Å². The number of amides is 1. The highest BCUT2D eigenvalue weighted by molar-refractivity contribution is 14.1. The fourth-order valence-corrected chi connectivity index (χ4v) is 4.65. The minimum Gasteiger partial charge on any atom is -0.318 e. The molecule has 0 aliphatic rings. The van der Waals surface area contributed by atoms with Crippen LogP contribution in [0.2, 0.25) is 0 Å². The van der Waals surface area contributed by atoms with Gasteiger partial charge >= 0.3 is 0 Å². The second-order valence-electron chi connectivity index (χ2n) is 7.54. The zero-order valence-corrected chi connectivity index (χ0v) is 21.3. The Hall–Kier alpha value is -2.66. The predicted molar refractivity (Wildman–Crippen MR) is 137 cm³/mol. The molecular weight excluding hydrogens is 539 g/mol. The topological polar surface area (TPSA) is 83.8 Å². The Balaban J connectivity index is 1.73. The molecule has 0 saturated heterocycles. The summed E-state index contributed by atoms with van der Waals surface area (Å²) in [6, 6.07) is 17.1. The first kappa shape index (κ1) is 24.0. The lowest BCUT2D eigenvalue weighted by atomic mass is 10.2. The number of aryl methyl sites for hydroxylation is 2. The van der Waals surface area contributed by atoms with Crippen LogP contribution in [-0.4, -0.2) is 37.9 Å². The van der Waals surface area contributed by atoms with Crippen molar-refractivity contribution in [1.29, 1.82) is 0 Å². The lowest BCUT2D eigenvalue weighted by Gasteiger charge is -2.21. The van der Waals surface area contributed by atoms with Gasteiger partial charge in [-0.05, 0) is 91.4 Å². The second kappa shape index (κ2) is 9.86. The Bertz CT molecular complexity index is 1260. The van der Waals surface area contributed by atoms with Crippen molar-refractivity contribution in [3.8, 4) is 5.69 Å². The van der Waals surface area contributed by atoms with Crippen molar-refractivity contribution in [2.75, 3.05) is 17.1 Å². The van der Waals surface area contributed by atoms with Gasteiger partial charge in [0.05, 0.1) is 18.2 Å². The summed E-state index contributed by atoms with van der Waals surface area (Å²) in [5, 5.41) is 4.05. The van der Waals surface area contributed by atoms with Crippen LogP contribution in [0.25, 0.3) is 5.69 Å². The smallest absolute Gasteiger partial charge is 0.260 e. The molecule has 0 aliphatic heterocycles. The van der Waals surface area contributed by atoms with Gasteiger partial charge in [-0.1, -0.05) is 12.1 Å². The minimum atomic E-state index is -3.63. The molecule has 0 aliphatic carbocycles. The average Bonchev–Trinajstić information content (AvgIpc) is 2.99. The molecule has 3 aromatic rings. The van der Waals surface area contributed by atoms with Gasteiger partial charge in [-0.25, -0.2) is 13.8 Å². The summed E-state index contributed by atoms with van der Waals surface area (Å²) in [5.41, 5.74) is 7.98. The van der Waals surface area contributed by atoms with E-state index >= 15 is 0 Å². The van der Waals surface area contributed by atoms with E-state index in [-0.39, 0.29) is 6.54 Å². The Labute approximate surface area is 202 Å². The number of hydrogen-bond donors (Lipinski definition) is 1. The molecule has 0 radical (unpaired) electrons. The summed E-state index contributed by atoms with van der Waals surface area (Å²) < 4.78 is 28.5. The molecule has 1 heterocycles. The molecule has 32 heavy (non-hydrogen) atoms. The van der Waals surface area contributed by atoms with Gasteiger partial charge < -0.3 is 4.57 Å². The van der Waals surface area contributed by atoms with Crippen LogP contribution in [-0.2, 0) is 14.8 Å². The van der Waals surface area contributed by atoms with Crippen LogP contribution >= 0.6 is 22.6 Å². The number of nitrogens with zero attached hydrogens (tertiary/aromatic N) is 3. The highest BCUT2D eigenvalue weighted by Crippen LogP contribution is 2.21. The molecule has 2 aromatic carbocycles. The summed E-state index contributed by atoms with van der Waals surface area (Å²) in [6.07, 6.45) is 2.64. The molecule has 9 heteroatoms. The molecule has 0 saturated carbocycles. The van der Waals surface area contributed by atoms with Crippen LogP contribution in [0.5, 0.6) is 0 Å². The molecular formula is C23H25IN4O3S. The Kier molecular flexibility index (Phi) is 7.40. The molecule has 0 atom stereocenters. The van der Waals surface area contributed by atoms with Gasteiger partial charge in [0.1, 0.15) is 6.54 Å². The quantitative estimate of drug-likeness (QED) is 0.268. The maximum absolute atomic E-state index is 12.4. The van der Waals surface area contributed by atoms with Gasteiger partial charge in [-0.3, -0.25) is 9.10 Å². The van der Waals surface area contributed by atoms with E-state index in [0.717, 1.165) is 36.8 Å². The fourth-order valence-electron chi connectivity index (χ4n) is 3.43. The highest BCUT2D eigenvalue weighted by Gasteiger charge is 2.20. The first-order chi connectivity index (χ1) is 15.1. The zero-order chi connectivity index (χ0) is 23.5. The number of anilines is 1. The third kappa shape index (κ3) is 5.77. The van der Waals surface area contributed by atoms with Crippen molar-refractivity contribution in [3.63, 3.8) is 0 Å². The summed E-state index contributed by atoms with van der Waals surface area (Å²) in [4.78, 5) is 12.4. The molecule has 1 aromatic heterocycles. The van der Waals surface area contributed by atoms with Gasteiger partial charge in [0.2, 0.25) is 10.0 Å². The molecule has 168 valence electrons. The largest absolute Gasteiger partial charge is 0.318 e. The maximum Gasteiger partial charge on any atom is 0.260 e. The first-order valence-corrected chi connectivity index (χ1v) is 12.8. The fraction of sp³-hybridized carbons (Fsp3) is 0.217. The summed E-state index contributed by atoms with van der Waals surface area (Å²) in [7, 11) is -3.63. The van der Waals surface area contributed by atoms with Crippen LogP contribution < -0.4 is 9.73 Å². The van der Waals surface area contributed by atoms with Crippen molar-refractivity contribution in [2.45, 2.75) is 20.8 Å². The predicted octanol–water partition coefficient (Wildman–Crippen LogP) is 3.92. The van der Waals surface area contributed by atoms with Crippen molar-refractivity contribution < 1.29 is 13.2 Å². The molecule has 7 nitrogen and oxygen atoms in total. The highest BCUT2D eigenvalue weighted by atomic mass is 127. The van der Waals surface area contributed by atoms with E-state index in [1.54, 1.807) is 30.5 Å². The normalized spacial score (nSPS) is 11.7. The van der Waals surface area contributed by atoms with E-state index in [9.17, 15) is 13.2 Å². The molecule has 3 rings (SSSR count). The van der Waals surface area contributed by atoms with Gasteiger partial charge in [0.25, 0.3) is 5.91 Å². The number of sulfonamides is 1. The lowest BCUT2D eigenvalue weighted by Crippen LogP contribution is -2.39. The standard InChI is InChI=1S/C23H25IN4O3S/c1-16-6-5-7-22(12-16)28-17(2)13-19(18(28)3)14-25-26-23(29)15-27(32(4,30)31)21-10-8-20(24)9-11-21/h5-14H,15H2,1-4H3,(H,26,29)/b25-14-. The van der Waals surface area contributed by atoms with Crippen LogP contribution in [0.3, 0.4) is 0 Å². The number of aromatic nitrogens is 1. The summed E-state index contributed by atoms with van der Waals surface area (Å²) >= 11 is 2.13. The van der Waals surface area contributed by atoms with Gasteiger partial charge in [0, 0.05) is 26.2 Å². The van der Waals surface area contributed by atoms with E-state index in [1.807, 2.05) is 45.0 Å². The van der Waals surface area contributed by atoms with E-state index in [4.69, 9.17) is 0 Å². The third-order valence-corrected chi connectivity index (χ3v) is 6.78. The van der Waals surface area contributed by atoms with Crippen LogP contribution in [0, 0.1) is 24.3 Å². The summed E-state index contributed by atoms with van der Waals surface area (Å²) in [5.74, 6) is -0.530. The average molecular weight is 564 g/mol. The van der Waals surface area contributed by atoms with Crippen LogP contribution in [0.1, 0.15) is 22.5 Å².